The molecule has 0 fully saturated rings. The van der Waals surface area contributed by atoms with E-state index in [2.05, 4.69) is 63.0 Å². The van der Waals surface area contributed by atoms with Gasteiger partial charge in [-0.05, 0) is 40.5 Å². The maximum absolute atomic E-state index is 13.1. The number of nitrogens with zero attached hydrogens (tertiary/aromatic N) is 6. The fraction of sp³-hybridized carbons (Fsp3) is 0.393. The Morgan fingerprint density at radius 1 is 0.944 bits per heavy atom. The molecule has 0 atom stereocenters. The summed E-state index contributed by atoms with van der Waals surface area (Å²) in [7, 11) is 0. The van der Waals surface area contributed by atoms with Crippen LogP contribution >= 0.6 is 0 Å². The van der Waals surface area contributed by atoms with Gasteiger partial charge in [0.15, 0.2) is 5.82 Å². The third-order valence-electron chi connectivity index (χ3n) is 6.40. The fourth-order valence-electron chi connectivity index (χ4n) is 4.40. The Balaban J connectivity index is 1.52. The minimum absolute atomic E-state index is 0.0543. The third-order valence-corrected chi connectivity index (χ3v) is 6.40. The molecule has 0 aliphatic heterocycles. The first-order valence-electron chi connectivity index (χ1n) is 12.9. The van der Waals surface area contributed by atoms with Crippen molar-refractivity contribution in [2.45, 2.75) is 71.9 Å². The smallest absolute Gasteiger partial charge is 0.274 e. The largest absolute Gasteiger partial charge is 0.346 e. The van der Waals surface area contributed by atoms with E-state index in [1.807, 2.05) is 41.8 Å². The standard InChI is InChI=1S/C28H35N7O/c1-3-5-7-8-9-10-15-26-31-35(20-6-4-2)28(36)34(26)21-22-16-18-23(19-17-22)24-13-11-12-14-25(24)27-29-32-33-30-27/h4,6,11-14,16-19H,3,5,7-10,15,20-21H2,1-2H3,(H,29,30,32,33)/b6-4+. The molecule has 0 radical (unpaired) electrons. The van der Waals surface area contributed by atoms with Gasteiger partial charge in [0.05, 0.1) is 13.1 Å². The van der Waals surface area contributed by atoms with E-state index < -0.39 is 0 Å². The molecule has 0 bridgehead atoms. The molecular weight excluding hydrogens is 450 g/mol. The van der Waals surface area contributed by atoms with Crippen LogP contribution in [0.15, 0.2) is 65.5 Å². The van der Waals surface area contributed by atoms with Crippen LogP contribution in [0.2, 0.25) is 0 Å². The Kier molecular flexibility index (Phi) is 8.97. The van der Waals surface area contributed by atoms with Gasteiger partial charge in [-0.1, -0.05) is 99.7 Å². The number of rotatable bonds is 13. The van der Waals surface area contributed by atoms with Crippen LogP contribution in [0.5, 0.6) is 0 Å². The lowest BCUT2D eigenvalue weighted by Gasteiger charge is -2.09. The molecule has 0 spiro atoms. The summed E-state index contributed by atoms with van der Waals surface area (Å²) < 4.78 is 3.40. The maximum Gasteiger partial charge on any atom is 0.346 e. The highest BCUT2D eigenvalue weighted by atomic mass is 16.2. The maximum atomic E-state index is 13.1. The molecule has 0 aliphatic rings. The molecule has 2 aromatic heterocycles. The Morgan fingerprint density at radius 2 is 1.69 bits per heavy atom. The van der Waals surface area contributed by atoms with Crippen LogP contribution in [0.25, 0.3) is 22.5 Å². The van der Waals surface area contributed by atoms with Crippen LogP contribution in [-0.2, 0) is 19.5 Å². The van der Waals surface area contributed by atoms with E-state index in [1.54, 1.807) is 4.68 Å². The van der Waals surface area contributed by atoms with Gasteiger partial charge in [-0.3, -0.25) is 4.57 Å². The van der Waals surface area contributed by atoms with Crippen LogP contribution in [-0.4, -0.2) is 35.0 Å². The average Bonchev–Trinajstić information content (AvgIpc) is 3.55. The summed E-state index contributed by atoms with van der Waals surface area (Å²) in [5.41, 5.74) is 4.06. The zero-order chi connectivity index (χ0) is 25.2. The lowest BCUT2D eigenvalue weighted by atomic mass is 9.98. The second-order valence-corrected chi connectivity index (χ2v) is 9.05. The number of unbranched alkanes of at least 4 members (excludes halogenated alkanes) is 5. The van der Waals surface area contributed by atoms with Crippen LogP contribution < -0.4 is 5.69 Å². The van der Waals surface area contributed by atoms with Crippen LogP contribution in [0, 0.1) is 0 Å². The van der Waals surface area contributed by atoms with Gasteiger partial charge in [-0.15, -0.1) is 5.10 Å². The Hall–Kier alpha value is -3.81. The summed E-state index contributed by atoms with van der Waals surface area (Å²) in [6.07, 6.45) is 12.0. The van der Waals surface area contributed by atoms with Crippen molar-refractivity contribution in [1.29, 1.82) is 0 Å². The highest BCUT2D eigenvalue weighted by Crippen LogP contribution is 2.29. The van der Waals surface area contributed by atoms with E-state index in [0.717, 1.165) is 40.9 Å². The van der Waals surface area contributed by atoms with Crippen LogP contribution in [0.1, 0.15) is 63.8 Å². The summed E-state index contributed by atoms with van der Waals surface area (Å²) >= 11 is 0. The van der Waals surface area contributed by atoms with Crippen molar-refractivity contribution in [3.8, 4) is 22.5 Å². The molecule has 0 aliphatic carbocycles. The zero-order valence-corrected chi connectivity index (χ0v) is 21.2. The van der Waals surface area contributed by atoms with Crippen molar-refractivity contribution in [2.24, 2.45) is 0 Å². The summed E-state index contributed by atoms with van der Waals surface area (Å²) in [6, 6.07) is 16.4. The van der Waals surface area contributed by atoms with Gasteiger partial charge in [-0.2, -0.15) is 5.10 Å². The predicted molar refractivity (Wildman–Crippen MR) is 143 cm³/mol. The highest BCUT2D eigenvalue weighted by molar-refractivity contribution is 5.80. The molecule has 36 heavy (non-hydrogen) atoms. The quantitative estimate of drug-likeness (QED) is 0.202. The third kappa shape index (κ3) is 6.24. The molecule has 0 amide bonds. The minimum Gasteiger partial charge on any atom is -0.274 e. The number of nitrogens with one attached hydrogen (secondary N) is 1. The number of H-pyrrole nitrogens is 1. The number of tetrazole rings is 1. The molecule has 1 N–H and O–H groups in total. The van der Waals surface area contributed by atoms with Crippen molar-refractivity contribution < 1.29 is 0 Å². The first-order chi connectivity index (χ1) is 17.7. The average molecular weight is 486 g/mol. The molecule has 0 unspecified atom stereocenters. The molecule has 4 rings (SSSR count). The van der Waals surface area contributed by atoms with Crippen molar-refractivity contribution >= 4 is 0 Å². The van der Waals surface area contributed by atoms with E-state index >= 15 is 0 Å². The molecule has 188 valence electrons. The van der Waals surface area contributed by atoms with Gasteiger partial charge in [0.1, 0.15) is 5.82 Å². The van der Waals surface area contributed by atoms with Gasteiger partial charge in [-0.25, -0.2) is 14.6 Å². The van der Waals surface area contributed by atoms with Gasteiger partial charge in [0.25, 0.3) is 0 Å². The van der Waals surface area contributed by atoms with Gasteiger partial charge in [0, 0.05) is 12.0 Å². The highest BCUT2D eigenvalue weighted by Gasteiger charge is 2.14. The summed E-state index contributed by atoms with van der Waals surface area (Å²) in [5, 5.41) is 19.0. The molecule has 8 nitrogen and oxygen atoms in total. The number of allylic oxidation sites excluding steroid dienone is 2. The Morgan fingerprint density at radius 3 is 2.42 bits per heavy atom. The first-order valence-corrected chi connectivity index (χ1v) is 12.9. The topological polar surface area (TPSA) is 94.3 Å². The number of hydrogen-bond acceptors (Lipinski definition) is 5. The number of aromatic nitrogens is 7. The van der Waals surface area contributed by atoms with Crippen molar-refractivity contribution in [3.05, 3.63) is 82.6 Å². The normalized spacial score (nSPS) is 11.5. The summed E-state index contributed by atoms with van der Waals surface area (Å²) in [5.74, 6) is 1.50. The van der Waals surface area contributed by atoms with Gasteiger partial charge in [0.2, 0.25) is 0 Å². The lowest BCUT2D eigenvalue weighted by Crippen LogP contribution is -2.25. The van der Waals surface area contributed by atoms with E-state index in [1.165, 1.54) is 32.1 Å². The van der Waals surface area contributed by atoms with Crippen molar-refractivity contribution in [1.82, 2.24) is 35.0 Å². The van der Waals surface area contributed by atoms with Crippen LogP contribution in [0.3, 0.4) is 0 Å². The predicted octanol–water partition coefficient (Wildman–Crippen LogP) is 5.42. The molecule has 8 heteroatoms. The van der Waals surface area contributed by atoms with Crippen molar-refractivity contribution in [3.63, 3.8) is 0 Å². The van der Waals surface area contributed by atoms with Crippen LogP contribution in [0.4, 0.5) is 0 Å². The van der Waals surface area contributed by atoms with E-state index in [4.69, 9.17) is 0 Å². The second-order valence-electron chi connectivity index (χ2n) is 9.05. The number of hydrogen-bond donors (Lipinski definition) is 1. The lowest BCUT2D eigenvalue weighted by molar-refractivity contribution is 0.587. The molecule has 2 heterocycles. The molecule has 4 aromatic rings. The van der Waals surface area contributed by atoms with E-state index in [9.17, 15) is 4.79 Å². The van der Waals surface area contributed by atoms with Gasteiger partial charge >= 0.3 is 5.69 Å². The molecule has 0 saturated heterocycles. The fourth-order valence-corrected chi connectivity index (χ4v) is 4.40. The molecule has 2 aromatic carbocycles. The minimum atomic E-state index is -0.0543. The monoisotopic (exact) mass is 485 g/mol. The zero-order valence-electron chi connectivity index (χ0n) is 21.2. The van der Waals surface area contributed by atoms with Crippen molar-refractivity contribution in [2.75, 3.05) is 0 Å². The second kappa shape index (κ2) is 12.8. The Labute approximate surface area is 212 Å². The first kappa shape index (κ1) is 25.3. The SMILES string of the molecule is C/C=C/Cn1nc(CCCCCCCC)n(Cc2ccc(-c3ccccc3-c3nnn[nH]3)cc2)c1=O. The number of aromatic amines is 1. The van der Waals surface area contributed by atoms with Gasteiger partial charge < -0.3 is 0 Å². The molecule has 0 saturated carbocycles. The molecular formula is C28H35N7O. The number of aryl methyl sites for hydroxylation is 1. The summed E-state index contributed by atoms with van der Waals surface area (Å²) in [6.45, 7) is 5.19. The number of benzene rings is 2. The van der Waals surface area contributed by atoms with E-state index in [0.29, 0.717) is 18.9 Å². The Bertz CT molecular complexity index is 1300. The summed E-state index contributed by atoms with van der Waals surface area (Å²) in [4.78, 5) is 13.1. The van der Waals surface area contributed by atoms with E-state index in [-0.39, 0.29) is 5.69 Å².